The molecule has 1 aromatic rings. The van der Waals surface area contributed by atoms with Crippen LogP contribution in [0.15, 0.2) is 18.2 Å². The Balaban J connectivity index is 2.86. The third-order valence-electron chi connectivity index (χ3n) is 3.19. The molecule has 1 atom stereocenters. The highest BCUT2D eigenvalue weighted by molar-refractivity contribution is 5.59. The Morgan fingerprint density at radius 3 is 2.65 bits per heavy atom. The van der Waals surface area contributed by atoms with E-state index in [9.17, 15) is 0 Å². The largest absolute Gasteiger partial charge is 0.495 e. The summed E-state index contributed by atoms with van der Waals surface area (Å²) in [5, 5.41) is 0. The van der Waals surface area contributed by atoms with E-state index in [-0.39, 0.29) is 0 Å². The summed E-state index contributed by atoms with van der Waals surface area (Å²) in [6.07, 6.45) is 1.11. The van der Waals surface area contributed by atoms with Crippen LogP contribution in [-0.4, -0.2) is 27.2 Å². The van der Waals surface area contributed by atoms with Gasteiger partial charge in [-0.3, -0.25) is 0 Å². The minimum Gasteiger partial charge on any atom is -0.495 e. The van der Waals surface area contributed by atoms with Gasteiger partial charge in [0.1, 0.15) is 5.75 Å². The maximum atomic E-state index is 5.75. The third-order valence-corrected chi connectivity index (χ3v) is 3.19. The first-order valence-corrected chi connectivity index (χ1v) is 6.18. The standard InChI is InChI=1S/C14H24N2O/c1-5-12(9-15)10-16(3)13-8-11(2)6-7-14(13)17-4/h6-8,12H,5,9-10,15H2,1-4H3. The van der Waals surface area contributed by atoms with Crippen LogP contribution in [0.2, 0.25) is 0 Å². The zero-order chi connectivity index (χ0) is 12.8. The predicted molar refractivity (Wildman–Crippen MR) is 73.8 cm³/mol. The zero-order valence-electron chi connectivity index (χ0n) is 11.4. The summed E-state index contributed by atoms with van der Waals surface area (Å²) in [5.41, 5.74) is 8.13. The lowest BCUT2D eigenvalue weighted by Crippen LogP contribution is -2.29. The second kappa shape index (κ2) is 6.50. The van der Waals surface area contributed by atoms with E-state index in [0.717, 1.165) is 30.9 Å². The minimum atomic E-state index is 0.533. The molecule has 0 saturated heterocycles. The molecule has 0 aliphatic carbocycles. The SMILES string of the molecule is CCC(CN)CN(C)c1cc(C)ccc1OC. The summed E-state index contributed by atoms with van der Waals surface area (Å²) >= 11 is 0. The lowest BCUT2D eigenvalue weighted by Gasteiger charge is -2.26. The van der Waals surface area contributed by atoms with Crippen LogP contribution >= 0.6 is 0 Å². The quantitative estimate of drug-likeness (QED) is 0.824. The lowest BCUT2D eigenvalue weighted by molar-refractivity contribution is 0.413. The Morgan fingerprint density at radius 2 is 2.12 bits per heavy atom. The molecular weight excluding hydrogens is 212 g/mol. The molecule has 96 valence electrons. The Kier molecular flexibility index (Phi) is 5.29. The van der Waals surface area contributed by atoms with Gasteiger partial charge in [0.2, 0.25) is 0 Å². The summed E-state index contributed by atoms with van der Waals surface area (Å²) in [6.45, 7) is 5.97. The summed E-state index contributed by atoms with van der Waals surface area (Å²) in [5.74, 6) is 1.45. The maximum Gasteiger partial charge on any atom is 0.142 e. The molecule has 2 N–H and O–H groups in total. The fraction of sp³-hybridized carbons (Fsp3) is 0.571. The number of hydrogen-bond donors (Lipinski definition) is 1. The van der Waals surface area contributed by atoms with Crippen molar-refractivity contribution in [2.24, 2.45) is 11.7 Å². The van der Waals surface area contributed by atoms with E-state index in [1.807, 2.05) is 6.07 Å². The Morgan fingerprint density at radius 1 is 1.41 bits per heavy atom. The van der Waals surface area contributed by atoms with Gasteiger partial charge in [-0.05, 0) is 37.1 Å². The molecule has 1 rings (SSSR count). The highest BCUT2D eigenvalue weighted by atomic mass is 16.5. The summed E-state index contributed by atoms with van der Waals surface area (Å²) in [6, 6.07) is 6.24. The van der Waals surface area contributed by atoms with Crippen molar-refractivity contribution in [1.29, 1.82) is 0 Å². The van der Waals surface area contributed by atoms with E-state index in [1.54, 1.807) is 7.11 Å². The Bertz CT molecular complexity index is 348. The predicted octanol–water partition coefficient (Wildman–Crippen LogP) is 2.42. The monoisotopic (exact) mass is 236 g/mol. The molecule has 3 heteroatoms. The van der Waals surface area contributed by atoms with Crippen LogP contribution in [-0.2, 0) is 0 Å². The fourth-order valence-electron chi connectivity index (χ4n) is 1.95. The number of nitrogens with zero attached hydrogens (tertiary/aromatic N) is 1. The summed E-state index contributed by atoms with van der Waals surface area (Å²) in [7, 11) is 3.80. The van der Waals surface area contributed by atoms with Gasteiger partial charge in [0.15, 0.2) is 0 Å². The Hall–Kier alpha value is -1.22. The van der Waals surface area contributed by atoms with Gasteiger partial charge in [-0.25, -0.2) is 0 Å². The van der Waals surface area contributed by atoms with Crippen molar-refractivity contribution in [2.75, 3.05) is 32.1 Å². The van der Waals surface area contributed by atoms with E-state index in [2.05, 4.69) is 37.9 Å². The van der Waals surface area contributed by atoms with Crippen molar-refractivity contribution in [2.45, 2.75) is 20.3 Å². The lowest BCUT2D eigenvalue weighted by atomic mass is 10.1. The molecule has 0 heterocycles. The molecule has 0 bridgehead atoms. The molecule has 17 heavy (non-hydrogen) atoms. The van der Waals surface area contributed by atoms with Gasteiger partial charge in [0.25, 0.3) is 0 Å². The van der Waals surface area contributed by atoms with Crippen molar-refractivity contribution in [1.82, 2.24) is 0 Å². The van der Waals surface area contributed by atoms with Crippen LogP contribution < -0.4 is 15.4 Å². The van der Waals surface area contributed by atoms with Crippen molar-refractivity contribution < 1.29 is 4.74 Å². The number of anilines is 1. The minimum absolute atomic E-state index is 0.533. The van der Waals surface area contributed by atoms with Crippen LogP contribution in [0.5, 0.6) is 5.75 Å². The summed E-state index contributed by atoms with van der Waals surface area (Å²) < 4.78 is 5.40. The number of hydrogen-bond acceptors (Lipinski definition) is 3. The van der Waals surface area contributed by atoms with E-state index in [1.165, 1.54) is 5.56 Å². The number of rotatable bonds is 6. The number of aryl methyl sites for hydroxylation is 1. The molecule has 0 saturated carbocycles. The number of nitrogens with two attached hydrogens (primary N) is 1. The molecule has 3 nitrogen and oxygen atoms in total. The van der Waals surface area contributed by atoms with E-state index >= 15 is 0 Å². The van der Waals surface area contributed by atoms with Crippen molar-refractivity contribution in [3.8, 4) is 5.75 Å². The Labute approximate surface area is 105 Å². The first-order chi connectivity index (χ1) is 8.12. The van der Waals surface area contributed by atoms with Gasteiger partial charge in [-0.2, -0.15) is 0 Å². The number of benzene rings is 1. The topological polar surface area (TPSA) is 38.5 Å². The second-order valence-electron chi connectivity index (χ2n) is 4.57. The average molecular weight is 236 g/mol. The molecule has 0 aromatic heterocycles. The van der Waals surface area contributed by atoms with Crippen LogP contribution in [0, 0.1) is 12.8 Å². The van der Waals surface area contributed by atoms with Crippen LogP contribution in [0.25, 0.3) is 0 Å². The molecule has 0 spiro atoms. The van der Waals surface area contributed by atoms with Gasteiger partial charge in [-0.1, -0.05) is 19.4 Å². The van der Waals surface area contributed by atoms with Gasteiger partial charge in [-0.15, -0.1) is 0 Å². The maximum absolute atomic E-state index is 5.75. The molecule has 0 aliphatic heterocycles. The number of methoxy groups -OCH3 is 1. The number of ether oxygens (including phenoxy) is 1. The highest BCUT2D eigenvalue weighted by Crippen LogP contribution is 2.28. The van der Waals surface area contributed by atoms with Crippen molar-refractivity contribution >= 4 is 5.69 Å². The van der Waals surface area contributed by atoms with Gasteiger partial charge in [0, 0.05) is 13.6 Å². The van der Waals surface area contributed by atoms with Gasteiger partial charge in [0.05, 0.1) is 12.8 Å². The highest BCUT2D eigenvalue weighted by Gasteiger charge is 2.12. The fourth-order valence-corrected chi connectivity index (χ4v) is 1.95. The van der Waals surface area contributed by atoms with Crippen LogP contribution in [0.1, 0.15) is 18.9 Å². The molecule has 0 aliphatic rings. The van der Waals surface area contributed by atoms with E-state index in [0.29, 0.717) is 5.92 Å². The van der Waals surface area contributed by atoms with E-state index in [4.69, 9.17) is 10.5 Å². The first kappa shape index (κ1) is 13.8. The molecule has 1 aromatic carbocycles. The van der Waals surface area contributed by atoms with Crippen LogP contribution in [0.3, 0.4) is 0 Å². The smallest absolute Gasteiger partial charge is 0.142 e. The second-order valence-corrected chi connectivity index (χ2v) is 4.57. The summed E-state index contributed by atoms with van der Waals surface area (Å²) in [4.78, 5) is 2.23. The molecular formula is C14H24N2O. The van der Waals surface area contributed by atoms with Gasteiger partial charge < -0.3 is 15.4 Å². The van der Waals surface area contributed by atoms with E-state index < -0.39 is 0 Å². The average Bonchev–Trinajstić information content (AvgIpc) is 2.35. The van der Waals surface area contributed by atoms with Crippen molar-refractivity contribution in [3.05, 3.63) is 23.8 Å². The third kappa shape index (κ3) is 3.63. The first-order valence-electron chi connectivity index (χ1n) is 6.18. The normalized spacial score (nSPS) is 12.3. The molecule has 1 unspecified atom stereocenters. The molecule has 0 radical (unpaired) electrons. The molecule has 0 fully saturated rings. The molecule has 0 amide bonds. The van der Waals surface area contributed by atoms with Crippen molar-refractivity contribution in [3.63, 3.8) is 0 Å². The van der Waals surface area contributed by atoms with Gasteiger partial charge >= 0.3 is 0 Å². The van der Waals surface area contributed by atoms with Crippen LogP contribution in [0.4, 0.5) is 5.69 Å². The zero-order valence-corrected chi connectivity index (χ0v) is 11.4.